The fraction of sp³-hybridized carbons (Fsp3) is 0.636. The van der Waals surface area contributed by atoms with E-state index < -0.39 is 5.79 Å². The van der Waals surface area contributed by atoms with E-state index in [2.05, 4.69) is 9.68 Å². The molecule has 92 valence electrons. The van der Waals surface area contributed by atoms with Crippen molar-refractivity contribution in [3.05, 3.63) is 18.0 Å². The Balaban J connectivity index is 1.73. The molecule has 0 bridgehead atoms. The lowest BCUT2D eigenvalue weighted by Gasteiger charge is -2.38. The van der Waals surface area contributed by atoms with Crippen LogP contribution in [0.15, 0.2) is 16.9 Å². The molecule has 3 rings (SSSR count). The van der Waals surface area contributed by atoms with Gasteiger partial charge in [-0.1, -0.05) is 5.16 Å². The molecule has 6 nitrogen and oxygen atoms in total. The van der Waals surface area contributed by atoms with E-state index in [0.717, 1.165) is 12.8 Å². The van der Waals surface area contributed by atoms with Gasteiger partial charge in [-0.15, -0.1) is 0 Å². The first-order valence-corrected chi connectivity index (χ1v) is 5.77. The predicted molar refractivity (Wildman–Crippen MR) is 56.3 cm³/mol. The van der Waals surface area contributed by atoms with E-state index in [-0.39, 0.29) is 5.91 Å². The zero-order valence-corrected chi connectivity index (χ0v) is 9.42. The Morgan fingerprint density at radius 1 is 1.41 bits per heavy atom. The quantitative estimate of drug-likeness (QED) is 0.719. The molecule has 0 radical (unpaired) electrons. The van der Waals surface area contributed by atoms with Crippen LogP contribution in [0.25, 0.3) is 0 Å². The third-order valence-corrected chi connectivity index (χ3v) is 3.18. The molecule has 1 spiro atoms. The molecule has 0 N–H and O–H groups in total. The lowest BCUT2D eigenvalue weighted by atomic mass is 10.0. The van der Waals surface area contributed by atoms with Crippen molar-refractivity contribution in [1.29, 1.82) is 0 Å². The van der Waals surface area contributed by atoms with Crippen LogP contribution in [0.4, 0.5) is 0 Å². The number of aromatic nitrogens is 1. The molecule has 2 aliphatic rings. The zero-order valence-electron chi connectivity index (χ0n) is 9.42. The van der Waals surface area contributed by atoms with Crippen molar-refractivity contribution in [2.45, 2.75) is 18.6 Å². The smallest absolute Gasteiger partial charge is 0.276 e. The number of hydrogen-bond acceptors (Lipinski definition) is 5. The standard InChI is InChI=1S/C11H14N2O4/c14-10(9-2-5-17-12-9)13-4-1-3-11(8-13)15-6-7-16-11/h2,5H,1,3-4,6-8H2. The lowest BCUT2D eigenvalue weighted by molar-refractivity contribution is -0.183. The number of amides is 1. The van der Waals surface area contributed by atoms with Gasteiger partial charge < -0.3 is 18.9 Å². The van der Waals surface area contributed by atoms with Gasteiger partial charge in [-0.2, -0.15) is 0 Å². The summed E-state index contributed by atoms with van der Waals surface area (Å²) in [5.41, 5.74) is 0.333. The minimum atomic E-state index is -0.586. The fourth-order valence-corrected chi connectivity index (χ4v) is 2.38. The highest BCUT2D eigenvalue weighted by atomic mass is 16.7. The molecule has 2 fully saturated rings. The SMILES string of the molecule is O=C(c1ccon1)N1CCCC2(C1)OCCO2. The van der Waals surface area contributed by atoms with E-state index in [9.17, 15) is 4.79 Å². The van der Waals surface area contributed by atoms with E-state index in [4.69, 9.17) is 9.47 Å². The Kier molecular flexibility index (Phi) is 2.60. The summed E-state index contributed by atoms with van der Waals surface area (Å²) in [6.45, 7) is 2.39. The van der Waals surface area contributed by atoms with Crippen LogP contribution in [0.5, 0.6) is 0 Å². The number of likely N-dealkylation sites (tertiary alicyclic amines) is 1. The summed E-state index contributed by atoms with van der Waals surface area (Å²) in [5.74, 6) is -0.714. The van der Waals surface area contributed by atoms with Crippen LogP contribution in [0.2, 0.25) is 0 Å². The van der Waals surface area contributed by atoms with Crippen LogP contribution < -0.4 is 0 Å². The van der Waals surface area contributed by atoms with E-state index in [1.807, 2.05) is 0 Å². The Hall–Kier alpha value is -1.40. The predicted octanol–water partition coefficient (Wildman–Crippen LogP) is 0.654. The van der Waals surface area contributed by atoms with Crippen molar-refractivity contribution in [3.8, 4) is 0 Å². The molecule has 6 heteroatoms. The van der Waals surface area contributed by atoms with Crippen LogP contribution in [-0.4, -0.2) is 48.1 Å². The summed E-state index contributed by atoms with van der Waals surface area (Å²) in [7, 11) is 0. The molecular formula is C11H14N2O4. The van der Waals surface area contributed by atoms with E-state index >= 15 is 0 Å². The molecule has 0 atom stereocenters. The van der Waals surface area contributed by atoms with Gasteiger partial charge >= 0.3 is 0 Å². The second kappa shape index (κ2) is 4.12. The third kappa shape index (κ3) is 1.94. The van der Waals surface area contributed by atoms with E-state index in [1.54, 1.807) is 11.0 Å². The summed E-state index contributed by atoms with van der Waals surface area (Å²) < 4.78 is 15.9. The van der Waals surface area contributed by atoms with Gasteiger partial charge in [0.1, 0.15) is 6.26 Å². The minimum Gasteiger partial charge on any atom is -0.364 e. The summed E-state index contributed by atoms with van der Waals surface area (Å²) in [6.07, 6.45) is 3.12. The molecule has 1 amide bonds. The Morgan fingerprint density at radius 2 is 2.24 bits per heavy atom. The van der Waals surface area contributed by atoms with Gasteiger partial charge in [0, 0.05) is 19.0 Å². The highest BCUT2D eigenvalue weighted by molar-refractivity contribution is 5.92. The lowest BCUT2D eigenvalue weighted by Crippen LogP contribution is -2.51. The molecule has 2 aliphatic heterocycles. The van der Waals surface area contributed by atoms with E-state index in [0.29, 0.717) is 32.0 Å². The summed E-state index contributed by atoms with van der Waals surface area (Å²) in [6, 6.07) is 1.57. The molecule has 0 unspecified atom stereocenters. The first-order valence-electron chi connectivity index (χ1n) is 5.77. The molecule has 1 aromatic rings. The normalized spacial score (nSPS) is 23.2. The maximum absolute atomic E-state index is 12.1. The molecule has 3 heterocycles. The molecular weight excluding hydrogens is 224 g/mol. The van der Waals surface area contributed by atoms with Crippen molar-refractivity contribution in [2.24, 2.45) is 0 Å². The van der Waals surface area contributed by atoms with Gasteiger partial charge in [0.2, 0.25) is 0 Å². The van der Waals surface area contributed by atoms with Crippen LogP contribution in [0, 0.1) is 0 Å². The van der Waals surface area contributed by atoms with Gasteiger partial charge in [0.15, 0.2) is 11.5 Å². The van der Waals surface area contributed by atoms with Crippen LogP contribution in [0.1, 0.15) is 23.3 Å². The Bertz CT molecular complexity index is 398. The summed E-state index contributed by atoms with van der Waals surface area (Å²) in [4.78, 5) is 13.8. The average molecular weight is 238 g/mol. The van der Waals surface area contributed by atoms with Crippen molar-refractivity contribution < 1.29 is 18.8 Å². The van der Waals surface area contributed by atoms with Gasteiger partial charge in [-0.3, -0.25) is 4.79 Å². The van der Waals surface area contributed by atoms with Crippen LogP contribution >= 0.6 is 0 Å². The highest BCUT2D eigenvalue weighted by Crippen LogP contribution is 2.30. The fourth-order valence-electron chi connectivity index (χ4n) is 2.38. The zero-order chi connectivity index (χ0) is 11.7. The number of ether oxygens (including phenoxy) is 2. The number of hydrogen-bond donors (Lipinski definition) is 0. The average Bonchev–Trinajstić information content (AvgIpc) is 3.00. The summed E-state index contributed by atoms with van der Waals surface area (Å²) >= 11 is 0. The molecule has 0 saturated carbocycles. The third-order valence-electron chi connectivity index (χ3n) is 3.18. The highest BCUT2D eigenvalue weighted by Gasteiger charge is 2.42. The van der Waals surface area contributed by atoms with Gasteiger partial charge in [0.05, 0.1) is 19.8 Å². The minimum absolute atomic E-state index is 0.128. The topological polar surface area (TPSA) is 64.8 Å². The Labute approximate surface area is 98.5 Å². The second-order valence-corrected chi connectivity index (χ2v) is 4.32. The van der Waals surface area contributed by atoms with Gasteiger partial charge in [-0.05, 0) is 6.42 Å². The summed E-state index contributed by atoms with van der Waals surface area (Å²) in [5, 5.41) is 3.66. The number of nitrogens with zero attached hydrogens (tertiary/aromatic N) is 2. The van der Waals surface area contributed by atoms with Crippen LogP contribution in [-0.2, 0) is 9.47 Å². The first-order chi connectivity index (χ1) is 8.29. The van der Waals surface area contributed by atoms with Crippen LogP contribution in [0.3, 0.4) is 0 Å². The number of carbonyl (C=O) groups is 1. The molecule has 0 aromatic carbocycles. The monoisotopic (exact) mass is 238 g/mol. The number of carbonyl (C=O) groups excluding carboxylic acids is 1. The second-order valence-electron chi connectivity index (χ2n) is 4.32. The molecule has 2 saturated heterocycles. The van der Waals surface area contributed by atoms with Gasteiger partial charge in [-0.25, -0.2) is 0 Å². The molecule has 17 heavy (non-hydrogen) atoms. The first kappa shape index (κ1) is 10.7. The molecule has 0 aliphatic carbocycles. The van der Waals surface area contributed by atoms with Crippen molar-refractivity contribution in [1.82, 2.24) is 10.1 Å². The van der Waals surface area contributed by atoms with E-state index in [1.165, 1.54) is 6.26 Å². The Morgan fingerprint density at radius 3 is 2.94 bits per heavy atom. The van der Waals surface area contributed by atoms with Gasteiger partial charge in [0.25, 0.3) is 5.91 Å². The number of rotatable bonds is 1. The maximum Gasteiger partial charge on any atom is 0.276 e. The van der Waals surface area contributed by atoms with Crippen molar-refractivity contribution >= 4 is 5.91 Å². The van der Waals surface area contributed by atoms with Crippen molar-refractivity contribution in [2.75, 3.05) is 26.3 Å². The maximum atomic E-state index is 12.1. The largest absolute Gasteiger partial charge is 0.364 e. The number of piperidine rings is 1. The molecule has 1 aromatic heterocycles. The van der Waals surface area contributed by atoms with Crippen molar-refractivity contribution in [3.63, 3.8) is 0 Å².